The van der Waals surface area contributed by atoms with Crippen LogP contribution in [0.2, 0.25) is 0 Å². The van der Waals surface area contributed by atoms with Gasteiger partial charge >= 0.3 is 5.97 Å². The van der Waals surface area contributed by atoms with Crippen molar-refractivity contribution in [3.63, 3.8) is 0 Å². The van der Waals surface area contributed by atoms with Crippen molar-refractivity contribution in [2.45, 2.75) is 46.7 Å². The average molecular weight is 448 g/mol. The van der Waals surface area contributed by atoms with Crippen LogP contribution in [0.15, 0.2) is 42.9 Å². The molecular weight excluding hydrogens is 414 g/mol. The van der Waals surface area contributed by atoms with Gasteiger partial charge in [-0.1, -0.05) is 32.9 Å². The molecule has 3 heterocycles. The van der Waals surface area contributed by atoms with Gasteiger partial charge in [-0.2, -0.15) is 0 Å². The van der Waals surface area contributed by atoms with Crippen LogP contribution < -0.4 is 5.73 Å². The standard InChI is InChI=1S/C26H33N5O2/c1-4-23-25(8-7-22(29-23)14-30-12-21(13-30)26(32)33)31-15-24(28-16-31)19-6-5-18(9-17(2)3)20(10-19)11-27/h5-8,10,15-17,21H,4,9,11-14,27H2,1-3H3,(H,32,33). The van der Waals surface area contributed by atoms with Gasteiger partial charge in [0.1, 0.15) is 0 Å². The first-order chi connectivity index (χ1) is 15.9. The minimum Gasteiger partial charge on any atom is -0.481 e. The third-order valence-electron chi connectivity index (χ3n) is 6.25. The molecule has 7 heteroatoms. The number of imidazole rings is 1. The van der Waals surface area contributed by atoms with E-state index < -0.39 is 5.97 Å². The molecule has 0 bridgehead atoms. The molecule has 4 rings (SSSR count). The van der Waals surface area contributed by atoms with Crippen LogP contribution in [-0.4, -0.2) is 43.6 Å². The van der Waals surface area contributed by atoms with Crippen LogP contribution in [0.4, 0.5) is 0 Å². The molecule has 7 nitrogen and oxygen atoms in total. The Morgan fingerprint density at radius 1 is 1.21 bits per heavy atom. The maximum Gasteiger partial charge on any atom is 0.309 e. The quantitative estimate of drug-likeness (QED) is 0.519. The lowest BCUT2D eigenvalue weighted by molar-refractivity contribution is -0.147. The van der Waals surface area contributed by atoms with Gasteiger partial charge in [0.05, 0.1) is 35.0 Å². The number of aryl methyl sites for hydroxylation is 1. The lowest BCUT2D eigenvalue weighted by Gasteiger charge is -2.36. The number of carboxylic acids is 1. The van der Waals surface area contributed by atoms with Gasteiger partial charge < -0.3 is 15.4 Å². The fourth-order valence-corrected chi connectivity index (χ4v) is 4.42. The Morgan fingerprint density at radius 3 is 2.67 bits per heavy atom. The van der Waals surface area contributed by atoms with E-state index in [1.54, 1.807) is 0 Å². The number of carboxylic acid groups (broad SMARTS) is 1. The summed E-state index contributed by atoms with van der Waals surface area (Å²) in [6.45, 7) is 8.91. The molecule has 1 aliphatic heterocycles. The Hall–Kier alpha value is -3.03. The highest BCUT2D eigenvalue weighted by Gasteiger charge is 2.32. The Labute approximate surface area is 195 Å². The van der Waals surface area contributed by atoms with Crippen LogP contribution in [-0.2, 0) is 30.7 Å². The molecule has 1 saturated heterocycles. The average Bonchev–Trinajstić information content (AvgIpc) is 3.25. The maximum atomic E-state index is 11.0. The summed E-state index contributed by atoms with van der Waals surface area (Å²) >= 11 is 0. The molecule has 2 aromatic heterocycles. The Morgan fingerprint density at radius 2 is 2.00 bits per heavy atom. The van der Waals surface area contributed by atoms with E-state index in [-0.39, 0.29) is 5.92 Å². The maximum absolute atomic E-state index is 11.0. The molecule has 174 valence electrons. The van der Waals surface area contributed by atoms with E-state index >= 15 is 0 Å². The summed E-state index contributed by atoms with van der Waals surface area (Å²) in [4.78, 5) is 22.6. The molecule has 0 spiro atoms. The van der Waals surface area contributed by atoms with Crippen molar-refractivity contribution in [3.8, 4) is 16.9 Å². The molecule has 0 aliphatic carbocycles. The molecule has 1 aliphatic rings. The van der Waals surface area contributed by atoms with Gasteiger partial charge in [-0.25, -0.2) is 4.98 Å². The van der Waals surface area contributed by atoms with E-state index in [2.05, 4.69) is 54.9 Å². The molecule has 0 radical (unpaired) electrons. The molecule has 3 N–H and O–H groups in total. The van der Waals surface area contributed by atoms with Crippen LogP contribution in [0.3, 0.4) is 0 Å². The van der Waals surface area contributed by atoms with Gasteiger partial charge in [0, 0.05) is 37.9 Å². The zero-order valence-corrected chi connectivity index (χ0v) is 19.7. The molecule has 0 unspecified atom stereocenters. The van der Waals surface area contributed by atoms with Crippen LogP contribution in [0.5, 0.6) is 0 Å². The number of aromatic nitrogens is 3. The molecule has 0 saturated carbocycles. The second-order valence-electron chi connectivity index (χ2n) is 9.30. The fourth-order valence-electron chi connectivity index (χ4n) is 4.42. The monoisotopic (exact) mass is 447 g/mol. The first kappa shape index (κ1) is 23.1. The summed E-state index contributed by atoms with van der Waals surface area (Å²) in [5.74, 6) is -0.380. The SMILES string of the molecule is CCc1nc(CN2CC(C(=O)O)C2)ccc1-n1cnc(-c2ccc(CC(C)C)c(CN)c2)c1. The highest BCUT2D eigenvalue weighted by atomic mass is 16.4. The minimum atomic E-state index is -0.715. The number of rotatable bonds is 9. The molecule has 0 atom stereocenters. The van der Waals surface area contributed by atoms with Gasteiger partial charge in [-0.15, -0.1) is 0 Å². The number of carbonyl (C=O) groups is 1. The topological polar surface area (TPSA) is 97.3 Å². The molecule has 3 aromatic rings. The Kier molecular flexibility index (Phi) is 6.91. The van der Waals surface area contributed by atoms with Crippen molar-refractivity contribution < 1.29 is 9.90 Å². The van der Waals surface area contributed by atoms with E-state index in [1.807, 2.05) is 23.2 Å². The normalized spacial score (nSPS) is 14.6. The van der Waals surface area contributed by atoms with Crippen molar-refractivity contribution in [2.75, 3.05) is 13.1 Å². The largest absolute Gasteiger partial charge is 0.481 e. The number of nitrogens with zero attached hydrogens (tertiary/aromatic N) is 4. The zero-order chi connectivity index (χ0) is 23.5. The van der Waals surface area contributed by atoms with Crippen molar-refractivity contribution >= 4 is 5.97 Å². The number of benzene rings is 1. The van der Waals surface area contributed by atoms with Crippen molar-refractivity contribution in [3.05, 3.63) is 65.4 Å². The molecule has 0 amide bonds. The molecule has 33 heavy (non-hydrogen) atoms. The predicted octanol–water partition coefficient (Wildman–Crippen LogP) is 3.67. The number of aliphatic carboxylic acids is 1. The summed E-state index contributed by atoms with van der Waals surface area (Å²) in [5.41, 5.74) is 13.5. The number of hydrogen-bond donors (Lipinski definition) is 2. The van der Waals surface area contributed by atoms with Crippen molar-refractivity contribution in [2.24, 2.45) is 17.6 Å². The van der Waals surface area contributed by atoms with Gasteiger partial charge in [-0.05, 0) is 48.1 Å². The summed E-state index contributed by atoms with van der Waals surface area (Å²) in [6.07, 6.45) is 5.70. The highest BCUT2D eigenvalue weighted by molar-refractivity contribution is 5.71. The van der Waals surface area contributed by atoms with Gasteiger partial charge in [-0.3, -0.25) is 14.7 Å². The Balaban J connectivity index is 1.53. The third-order valence-corrected chi connectivity index (χ3v) is 6.25. The van der Waals surface area contributed by atoms with E-state index in [1.165, 1.54) is 11.1 Å². The number of nitrogens with two attached hydrogens (primary N) is 1. The number of pyridine rings is 1. The van der Waals surface area contributed by atoms with E-state index in [0.717, 1.165) is 41.2 Å². The summed E-state index contributed by atoms with van der Waals surface area (Å²) in [6, 6.07) is 10.6. The Bertz CT molecular complexity index is 1130. The smallest absolute Gasteiger partial charge is 0.309 e. The first-order valence-corrected chi connectivity index (χ1v) is 11.7. The van der Waals surface area contributed by atoms with Crippen LogP contribution >= 0.6 is 0 Å². The van der Waals surface area contributed by atoms with Crippen LogP contribution in [0.25, 0.3) is 16.9 Å². The first-order valence-electron chi connectivity index (χ1n) is 11.7. The molecule has 1 aromatic carbocycles. The van der Waals surface area contributed by atoms with E-state index in [0.29, 0.717) is 32.1 Å². The summed E-state index contributed by atoms with van der Waals surface area (Å²) < 4.78 is 2.03. The fraction of sp³-hybridized carbons (Fsp3) is 0.423. The number of likely N-dealkylation sites (tertiary alicyclic amines) is 1. The predicted molar refractivity (Wildman–Crippen MR) is 129 cm³/mol. The van der Waals surface area contributed by atoms with E-state index in [9.17, 15) is 4.79 Å². The summed E-state index contributed by atoms with van der Waals surface area (Å²) in [5, 5.41) is 9.07. The van der Waals surface area contributed by atoms with Gasteiger partial charge in [0.2, 0.25) is 0 Å². The van der Waals surface area contributed by atoms with Crippen LogP contribution in [0.1, 0.15) is 43.3 Å². The number of hydrogen-bond acceptors (Lipinski definition) is 5. The highest BCUT2D eigenvalue weighted by Crippen LogP contribution is 2.25. The molecule has 1 fully saturated rings. The van der Waals surface area contributed by atoms with Crippen molar-refractivity contribution in [1.82, 2.24) is 19.4 Å². The second kappa shape index (κ2) is 9.85. The molecular formula is C26H33N5O2. The van der Waals surface area contributed by atoms with Gasteiger partial charge in [0.15, 0.2) is 0 Å². The van der Waals surface area contributed by atoms with Crippen molar-refractivity contribution in [1.29, 1.82) is 0 Å². The minimum absolute atomic E-state index is 0.251. The third kappa shape index (κ3) is 5.15. The zero-order valence-electron chi connectivity index (χ0n) is 19.7. The summed E-state index contributed by atoms with van der Waals surface area (Å²) in [7, 11) is 0. The second-order valence-corrected chi connectivity index (χ2v) is 9.30. The lowest BCUT2D eigenvalue weighted by atomic mass is 9.95. The van der Waals surface area contributed by atoms with E-state index in [4.69, 9.17) is 15.8 Å². The van der Waals surface area contributed by atoms with Crippen LogP contribution in [0, 0.1) is 11.8 Å². The van der Waals surface area contributed by atoms with Gasteiger partial charge in [0.25, 0.3) is 0 Å². The lowest BCUT2D eigenvalue weighted by Crippen LogP contribution is -2.49.